The lowest BCUT2D eigenvalue weighted by Gasteiger charge is -2.41. The molecule has 1 saturated carbocycles. The highest BCUT2D eigenvalue weighted by Crippen LogP contribution is 2.28. The first-order valence-corrected chi connectivity index (χ1v) is 7.10. The van der Waals surface area contributed by atoms with Crippen molar-refractivity contribution in [3.05, 3.63) is 18.1 Å². The van der Waals surface area contributed by atoms with Gasteiger partial charge in [-0.3, -0.25) is 4.79 Å². The minimum atomic E-state index is 0.0242. The first-order valence-electron chi connectivity index (χ1n) is 7.10. The Kier molecular flexibility index (Phi) is 3.97. The van der Waals surface area contributed by atoms with Crippen LogP contribution in [0.3, 0.4) is 0 Å². The second kappa shape index (κ2) is 5.38. The third-order valence-electron chi connectivity index (χ3n) is 3.95. The molecule has 0 aliphatic heterocycles. The summed E-state index contributed by atoms with van der Waals surface area (Å²) in [7, 11) is 1.87. The summed E-state index contributed by atoms with van der Waals surface area (Å²) in [6.07, 6.45) is 3.57. The summed E-state index contributed by atoms with van der Waals surface area (Å²) < 4.78 is 0. The molecule has 1 heterocycles. The first kappa shape index (κ1) is 14.8. The molecule has 0 radical (unpaired) electrons. The number of hydrogen-bond donors (Lipinski definition) is 1. The van der Waals surface area contributed by atoms with Crippen LogP contribution < -0.4 is 5.32 Å². The fourth-order valence-corrected chi connectivity index (χ4v) is 2.33. The number of carbonyl (C=O) groups is 1. The largest absolute Gasteiger partial charge is 0.367 e. The number of aromatic nitrogens is 2. The number of nitrogens with zero attached hydrogens (tertiary/aromatic N) is 3. The summed E-state index contributed by atoms with van der Waals surface area (Å²) in [5.41, 5.74) is 1.06. The van der Waals surface area contributed by atoms with Crippen LogP contribution in [0.5, 0.6) is 0 Å². The van der Waals surface area contributed by atoms with E-state index in [1.165, 1.54) is 0 Å². The molecular formula is C15H24N4O. The highest BCUT2D eigenvalue weighted by molar-refractivity contribution is 5.73. The van der Waals surface area contributed by atoms with E-state index in [0.29, 0.717) is 12.1 Å². The van der Waals surface area contributed by atoms with Crippen molar-refractivity contribution in [2.24, 2.45) is 0 Å². The van der Waals surface area contributed by atoms with Gasteiger partial charge in [0.05, 0.1) is 5.69 Å². The topological polar surface area (TPSA) is 58.1 Å². The molecule has 20 heavy (non-hydrogen) atoms. The van der Waals surface area contributed by atoms with Gasteiger partial charge < -0.3 is 10.2 Å². The van der Waals surface area contributed by atoms with E-state index >= 15 is 0 Å². The maximum Gasteiger partial charge on any atom is 0.219 e. The molecule has 110 valence electrons. The molecule has 0 spiro atoms. The lowest BCUT2D eigenvalue weighted by atomic mass is 9.85. The summed E-state index contributed by atoms with van der Waals surface area (Å²) >= 11 is 0. The monoisotopic (exact) mass is 276 g/mol. The Hall–Kier alpha value is -1.65. The lowest BCUT2D eigenvalue weighted by molar-refractivity contribution is -0.131. The molecule has 0 unspecified atom stereocenters. The van der Waals surface area contributed by atoms with Crippen molar-refractivity contribution >= 4 is 11.7 Å². The Morgan fingerprint density at radius 2 is 2.00 bits per heavy atom. The number of anilines is 1. The summed E-state index contributed by atoms with van der Waals surface area (Å²) in [6, 6.07) is 2.76. The van der Waals surface area contributed by atoms with Crippen molar-refractivity contribution in [3.8, 4) is 0 Å². The van der Waals surface area contributed by atoms with Crippen molar-refractivity contribution in [2.75, 3.05) is 12.4 Å². The molecule has 0 aromatic carbocycles. The van der Waals surface area contributed by atoms with Crippen LogP contribution in [0, 0.1) is 0 Å². The molecule has 1 amide bonds. The van der Waals surface area contributed by atoms with Crippen molar-refractivity contribution in [3.63, 3.8) is 0 Å². The molecule has 1 aromatic rings. The molecule has 2 rings (SSSR count). The van der Waals surface area contributed by atoms with E-state index in [4.69, 9.17) is 0 Å². The average molecular weight is 276 g/mol. The van der Waals surface area contributed by atoms with Gasteiger partial charge in [-0.15, -0.1) is 0 Å². The summed E-state index contributed by atoms with van der Waals surface area (Å²) in [5, 5.41) is 3.43. The maximum atomic E-state index is 11.3. The minimum Gasteiger partial charge on any atom is -0.367 e. The van der Waals surface area contributed by atoms with Gasteiger partial charge in [-0.1, -0.05) is 20.8 Å². The van der Waals surface area contributed by atoms with Crippen LogP contribution in [0.1, 0.15) is 46.2 Å². The molecule has 1 aliphatic rings. The van der Waals surface area contributed by atoms with E-state index < -0.39 is 0 Å². The van der Waals surface area contributed by atoms with E-state index in [1.54, 1.807) is 13.3 Å². The third kappa shape index (κ3) is 3.26. The fourth-order valence-electron chi connectivity index (χ4n) is 2.33. The van der Waals surface area contributed by atoms with Crippen LogP contribution >= 0.6 is 0 Å². The predicted octanol–water partition coefficient (Wildman–Crippen LogP) is 2.20. The minimum absolute atomic E-state index is 0.0242. The van der Waals surface area contributed by atoms with Gasteiger partial charge in [0.2, 0.25) is 5.91 Å². The Morgan fingerprint density at radius 3 is 2.55 bits per heavy atom. The molecule has 0 atom stereocenters. The molecule has 1 aromatic heterocycles. The zero-order valence-corrected chi connectivity index (χ0v) is 13.0. The fraction of sp³-hybridized carbons (Fsp3) is 0.667. The molecule has 5 heteroatoms. The molecule has 1 fully saturated rings. The summed E-state index contributed by atoms with van der Waals surface area (Å²) in [5.74, 6) is 1.00. The first-order chi connectivity index (χ1) is 9.27. The standard InChI is InChI=1S/C15H24N4O/c1-10(20)19(5)12-6-11(7-12)18-14-8-13(15(2,3)4)16-9-17-14/h8-9,11-12H,6-7H2,1-5H3,(H,16,17,18). The second-order valence-electron chi connectivity index (χ2n) is 6.63. The van der Waals surface area contributed by atoms with Crippen LogP contribution in [-0.4, -0.2) is 39.9 Å². The van der Waals surface area contributed by atoms with Gasteiger partial charge in [0.1, 0.15) is 12.1 Å². The van der Waals surface area contributed by atoms with Crippen molar-refractivity contribution in [2.45, 2.75) is 58.0 Å². The zero-order valence-electron chi connectivity index (χ0n) is 13.0. The van der Waals surface area contributed by atoms with E-state index in [9.17, 15) is 4.79 Å². The maximum absolute atomic E-state index is 11.3. The average Bonchev–Trinajstić information content (AvgIpc) is 2.31. The predicted molar refractivity (Wildman–Crippen MR) is 79.6 cm³/mol. The molecule has 5 nitrogen and oxygen atoms in total. The van der Waals surface area contributed by atoms with Crippen LogP contribution in [0.4, 0.5) is 5.82 Å². The van der Waals surface area contributed by atoms with Crippen molar-refractivity contribution in [1.29, 1.82) is 0 Å². The van der Waals surface area contributed by atoms with Gasteiger partial charge in [0, 0.05) is 37.5 Å². The van der Waals surface area contributed by atoms with Gasteiger partial charge in [-0.05, 0) is 12.8 Å². The Bertz CT molecular complexity index is 489. The van der Waals surface area contributed by atoms with E-state index in [1.807, 2.05) is 18.0 Å². The SMILES string of the molecule is CC(=O)N(C)C1CC(Nc2cc(C(C)(C)C)ncn2)C1. The smallest absolute Gasteiger partial charge is 0.219 e. The quantitative estimate of drug-likeness (QED) is 0.919. The summed E-state index contributed by atoms with van der Waals surface area (Å²) in [4.78, 5) is 21.7. The van der Waals surface area contributed by atoms with Gasteiger partial charge in [0.15, 0.2) is 0 Å². The number of amides is 1. The number of nitrogens with one attached hydrogen (secondary N) is 1. The Morgan fingerprint density at radius 1 is 1.35 bits per heavy atom. The Balaban J connectivity index is 1.92. The van der Waals surface area contributed by atoms with Crippen LogP contribution in [0.25, 0.3) is 0 Å². The summed E-state index contributed by atoms with van der Waals surface area (Å²) in [6.45, 7) is 8.03. The van der Waals surface area contributed by atoms with Gasteiger partial charge in [-0.25, -0.2) is 9.97 Å². The van der Waals surface area contributed by atoms with Crippen LogP contribution in [0.2, 0.25) is 0 Å². The Labute approximate surface area is 120 Å². The van der Waals surface area contributed by atoms with Gasteiger partial charge >= 0.3 is 0 Å². The second-order valence-corrected chi connectivity index (χ2v) is 6.63. The van der Waals surface area contributed by atoms with Gasteiger partial charge in [0.25, 0.3) is 0 Å². The van der Waals surface area contributed by atoms with E-state index in [2.05, 4.69) is 36.1 Å². The third-order valence-corrected chi connectivity index (χ3v) is 3.95. The normalized spacial score (nSPS) is 22.1. The molecule has 0 bridgehead atoms. The number of carbonyl (C=O) groups excluding carboxylic acids is 1. The molecular weight excluding hydrogens is 252 g/mol. The highest BCUT2D eigenvalue weighted by Gasteiger charge is 2.33. The van der Waals surface area contributed by atoms with Gasteiger partial charge in [-0.2, -0.15) is 0 Å². The van der Waals surface area contributed by atoms with Crippen LogP contribution in [0.15, 0.2) is 12.4 Å². The van der Waals surface area contributed by atoms with E-state index in [0.717, 1.165) is 24.4 Å². The molecule has 0 saturated heterocycles. The number of rotatable bonds is 3. The van der Waals surface area contributed by atoms with Crippen molar-refractivity contribution in [1.82, 2.24) is 14.9 Å². The number of hydrogen-bond acceptors (Lipinski definition) is 4. The van der Waals surface area contributed by atoms with E-state index in [-0.39, 0.29) is 11.3 Å². The molecule has 1 N–H and O–H groups in total. The lowest BCUT2D eigenvalue weighted by Crippen LogP contribution is -2.50. The van der Waals surface area contributed by atoms with Crippen molar-refractivity contribution < 1.29 is 4.79 Å². The molecule has 1 aliphatic carbocycles. The highest BCUT2D eigenvalue weighted by atomic mass is 16.2. The zero-order chi connectivity index (χ0) is 14.9. The van der Waals surface area contributed by atoms with Crippen LogP contribution in [-0.2, 0) is 10.2 Å².